The molecule has 174 valence electrons. The molecule has 2 aromatic carbocycles. The van der Waals surface area contributed by atoms with Crippen LogP contribution in [-0.2, 0) is 4.79 Å². The second-order valence-corrected chi connectivity index (χ2v) is 8.71. The Bertz CT molecular complexity index is 980. The van der Waals surface area contributed by atoms with E-state index in [0.717, 1.165) is 25.9 Å². The molecule has 2 aromatic rings. The lowest BCUT2D eigenvalue weighted by atomic mass is 9.88. The Morgan fingerprint density at radius 3 is 2.21 bits per heavy atom. The van der Waals surface area contributed by atoms with Crippen LogP contribution in [0.5, 0.6) is 5.75 Å². The lowest BCUT2D eigenvalue weighted by Gasteiger charge is -2.37. The van der Waals surface area contributed by atoms with Gasteiger partial charge in [0.1, 0.15) is 11.8 Å². The Morgan fingerprint density at radius 2 is 1.55 bits per heavy atom. The van der Waals surface area contributed by atoms with Crippen molar-refractivity contribution in [3.8, 4) is 5.75 Å². The first kappa shape index (κ1) is 22.8. The van der Waals surface area contributed by atoms with Crippen molar-refractivity contribution in [2.75, 3.05) is 33.3 Å². The minimum absolute atomic E-state index is 0.00523. The maximum atomic E-state index is 13.3. The van der Waals surface area contributed by atoms with Crippen molar-refractivity contribution in [3.05, 3.63) is 65.7 Å². The average Bonchev–Trinajstić information content (AvgIpc) is 3.42. The molecule has 33 heavy (non-hydrogen) atoms. The van der Waals surface area contributed by atoms with E-state index in [2.05, 4.69) is 5.32 Å². The fourth-order valence-electron chi connectivity index (χ4n) is 4.70. The van der Waals surface area contributed by atoms with E-state index in [4.69, 9.17) is 4.74 Å². The first-order valence-electron chi connectivity index (χ1n) is 11.6. The highest BCUT2D eigenvalue weighted by molar-refractivity contribution is 5.98. The number of amides is 3. The summed E-state index contributed by atoms with van der Waals surface area (Å²) < 4.78 is 5.24. The summed E-state index contributed by atoms with van der Waals surface area (Å²) in [5, 5.41) is 3.02. The maximum Gasteiger partial charge on any atom is 0.253 e. The minimum atomic E-state index is -0.579. The second kappa shape index (κ2) is 10.5. The van der Waals surface area contributed by atoms with Crippen LogP contribution in [0.2, 0.25) is 0 Å². The van der Waals surface area contributed by atoms with Gasteiger partial charge in [-0.25, -0.2) is 0 Å². The Labute approximate surface area is 194 Å². The maximum absolute atomic E-state index is 13.3. The van der Waals surface area contributed by atoms with E-state index in [0.29, 0.717) is 42.8 Å². The molecular formula is C26H31N3O4. The van der Waals surface area contributed by atoms with Crippen LogP contribution in [0.25, 0.3) is 0 Å². The molecule has 0 radical (unpaired) electrons. The molecule has 2 aliphatic rings. The number of methoxy groups -OCH3 is 1. The topological polar surface area (TPSA) is 79.0 Å². The Hall–Kier alpha value is -3.35. The molecule has 3 amide bonds. The van der Waals surface area contributed by atoms with Crippen molar-refractivity contribution < 1.29 is 19.1 Å². The summed E-state index contributed by atoms with van der Waals surface area (Å²) in [6.07, 6.45) is 3.32. The van der Waals surface area contributed by atoms with Crippen LogP contribution < -0.4 is 10.1 Å². The molecule has 2 fully saturated rings. The van der Waals surface area contributed by atoms with Gasteiger partial charge in [-0.15, -0.1) is 0 Å². The number of ether oxygens (including phenoxy) is 1. The molecule has 4 rings (SSSR count). The molecule has 0 saturated carbocycles. The van der Waals surface area contributed by atoms with Gasteiger partial charge in [0.25, 0.3) is 11.8 Å². The number of rotatable bonds is 6. The van der Waals surface area contributed by atoms with Crippen molar-refractivity contribution in [2.45, 2.75) is 31.7 Å². The highest BCUT2D eigenvalue weighted by Gasteiger charge is 2.37. The number of nitrogens with one attached hydrogen (secondary N) is 1. The molecular weight excluding hydrogens is 418 g/mol. The van der Waals surface area contributed by atoms with E-state index in [-0.39, 0.29) is 23.6 Å². The predicted molar refractivity (Wildman–Crippen MR) is 125 cm³/mol. The fraction of sp³-hybridized carbons (Fsp3) is 0.423. The van der Waals surface area contributed by atoms with Crippen LogP contribution >= 0.6 is 0 Å². The molecule has 2 heterocycles. The summed E-state index contributed by atoms with van der Waals surface area (Å²) >= 11 is 0. The summed E-state index contributed by atoms with van der Waals surface area (Å²) in [7, 11) is 1.58. The zero-order chi connectivity index (χ0) is 23.2. The monoisotopic (exact) mass is 449 g/mol. The van der Waals surface area contributed by atoms with Gasteiger partial charge < -0.3 is 19.9 Å². The van der Waals surface area contributed by atoms with Crippen LogP contribution in [0.15, 0.2) is 54.6 Å². The van der Waals surface area contributed by atoms with Gasteiger partial charge in [-0.05, 0) is 61.9 Å². The first-order valence-corrected chi connectivity index (χ1v) is 11.6. The standard InChI is InChI=1S/C26H31N3O4/c1-33-22-11-7-10-21(18-22)25(31)29-16-12-19(13-17-29)23(26(32)28-14-5-6-15-28)27-24(30)20-8-3-2-4-9-20/h2-4,7-11,18-19,23H,5-6,12-17H2,1H3,(H,27,30)/t23-/m0/s1. The van der Waals surface area contributed by atoms with Gasteiger partial charge in [-0.3, -0.25) is 14.4 Å². The van der Waals surface area contributed by atoms with E-state index in [1.807, 2.05) is 40.1 Å². The van der Waals surface area contributed by atoms with Crippen molar-refractivity contribution in [1.29, 1.82) is 0 Å². The van der Waals surface area contributed by atoms with Gasteiger partial charge in [0.05, 0.1) is 7.11 Å². The van der Waals surface area contributed by atoms with E-state index in [9.17, 15) is 14.4 Å². The predicted octanol–water partition coefficient (Wildman–Crippen LogP) is 2.97. The molecule has 0 aromatic heterocycles. The summed E-state index contributed by atoms with van der Waals surface area (Å²) in [5.74, 6) is 0.358. The number of likely N-dealkylation sites (tertiary alicyclic amines) is 2. The molecule has 1 N–H and O–H groups in total. The Morgan fingerprint density at radius 1 is 0.879 bits per heavy atom. The molecule has 0 spiro atoms. The van der Waals surface area contributed by atoms with Crippen molar-refractivity contribution in [3.63, 3.8) is 0 Å². The van der Waals surface area contributed by atoms with Gasteiger partial charge in [-0.1, -0.05) is 24.3 Å². The average molecular weight is 450 g/mol. The summed E-state index contributed by atoms with van der Waals surface area (Å²) in [4.78, 5) is 42.9. The number of nitrogens with zero attached hydrogens (tertiary/aromatic N) is 2. The van der Waals surface area contributed by atoms with Crippen molar-refractivity contribution in [2.24, 2.45) is 5.92 Å². The van der Waals surface area contributed by atoms with Crippen LogP contribution in [0.3, 0.4) is 0 Å². The third-order valence-electron chi connectivity index (χ3n) is 6.62. The van der Waals surface area contributed by atoms with Crippen LogP contribution in [0, 0.1) is 5.92 Å². The van der Waals surface area contributed by atoms with Gasteiger partial charge in [0.2, 0.25) is 5.91 Å². The van der Waals surface area contributed by atoms with E-state index in [1.54, 1.807) is 31.4 Å². The highest BCUT2D eigenvalue weighted by atomic mass is 16.5. The zero-order valence-corrected chi connectivity index (χ0v) is 19.0. The quantitative estimate of drug-likeness (QED) is 0.736. The largest absolute Gasteiger partial charge is 0.497 e. The molecule has 7 nitrogen and oxygen atoms in total. The number of hydrogen-bond acceptors (Lipinski definition) is 4. The third kappa shape index (κ3) is 5.35. The number of carbonyl (C=O) groups excluding carboxylic acids is 3. The number of benzene rings is 2. The van der Waals surface area contributed by atoms with Crippen LogP contribution in [0.1, 0.15) is 46.4 Å². The van der Waals surface area contributed by atoms with E-state index in [1.165, 1.54) is 0 Å². The lowest BCUT2D eigenvalue weighted by Crippen LogP contribution is -2.54. The summed E-state index contributed by atoms with van der Waals surface area (Å²) in [6.45, 7) is 2.57. The molecule has 2 saturated heterocycles. The molecule has 0 aliphatic carbocycles. The molecule has 0 unspecified atom stereocenters. The van der Waals surface area contributed by atoms with Crippen molar-refractivity contribution >= 4 is 17.7 Å². The summed E-state index contributed by atoms with van der Waals surface area (Å²) in [6, 6.07) is 15.6. The normalized spacial score (nSPS) is 17.5. The van der Waals surface area contributed by atoms with E-state index < -0.39 is 6.04 Å². The van der Waals surface area contributed by atoms with Crippen LogP contribution in [-0.4, -0.2) is 66.9 Å². The summed E-state index contributed by atoms with van der Waals surface area (Å²) in [5.41, 5.74) is 1.14. The third-order valence-corrected chi connectivity index (χ3v) is 6.62. The Balaban J connectivity index is 1.44. The smallest absolute Gasteiger partial charge is 0.253 e. The van der Waals surface area contributed by atoms with Gasteiger partial charge >= 0.3 is 0 Å². The molecule has 0 bridgehead atoms. The van der Waals surface area contributed by atoms with Gasteiger partial charge in [0.15, 0.2) is 0 Å². The Kier molecular flexibility index (Phi) is 7.27. The first-order chi connectivity index (χ1) is 16.1. The molecule has 7 heteroatoms. The highest BCUT2D eigenvalue weighted by Crippen LogP contribution is 2.25. The van der Waals surface area contributed by atoms with Crippen molar-refractivity contribution in [1.82, 2.24) is 15.1 Å². The second-order valence-electron chi connectivity index (χ2n) is 8.71. The van der Waals surface area contributed by atoms with Gasteiger partial charge in [-0.2, -0.15) is 0 Å². The SMILES string of the molecule is COc1cccc(C(=O)N2CCC([C@H](NC(=O)c3ccccc3)C(=O)N3CCCC3)CC2)c1. The minimum Gasteiger partial charge on any atom is -0.497 e. The van der Waals surface area contributed by atoms with Gasteiger partial charge in [0, 0.05) is 37.3 Å². The fourth-order valence-corrected chi connectivity index (χ4v) is 4.70. The van der Waals surface area contributed by atoms with Crippen LogP contribution in [0.4, 0.5) is 0 Å². The molecule has 2 aliphatic heterocycles. The lowest BCUT2D eigenvalue weighted by molar-refractivity contribution is -0.134. The zero-order valence-electron chi connectivity index (χ0n) is 19.0. The van der Waals surface area contributed by atoms with E-state index >= 15 is 0 Å². The molecule has 1 atom stereocenters. The number of carbonyl (C=O) groups is 3. The number of piperidine rings is 1. The number of hydrogen-bond donors (Lipinski definition) is 1.